The molecule has 426 valence electrons. The van der Waals surface area contributed by atoms with Gasteiger partial charge in [-0.2, -0.15) is 0 Å². The van der Waals surface area contributed by atoms with Gasteiger partial charge < -0.3 is 9.80 Å². The second kappa shape index (κ2) is 22.3. The lowest BCUT2D eigenvalue weighted by atomic mass is 9.33. The molecule has 13 aromatic carbocycles. The summed E-state index contributed by atoms with van der Waals surface area (Å²) in [5.74, 6) is 0. The normalized spacial score (nSPS) is 12.5. The van der Waals surface area contributed by atoms with E-state index in [2.05, 4.69) is 361 Å². The van der Waals surface area contributed by atoms with E-state index in [1.165, 1.54) is 83.4 Å². The van der Waals surface area contributed by atoms with Gasteiger partial charge in [-0.05, 0) is 154 Å². The van der Waals surface area contributed by atoms with Crippen molar-refractivity contribution in [1.82, 2.24) is 0 Å². The van der Waals surface area contributed by atoms with E-state index in [1.54, 1.807) is 0 Å². The van der Waals surface area contributed by atoms with Crippen LogP contribution in [0.25, 0.3) is 89.0 Å². The van der Waals surface area contributed by atoms with Crippen molar-refractivity contribution in [3.63, 3.8) is 0 Å². The average Bonchev–Trinajstić information content (AvgIpc) is 0.713. The Morgan fingerprint density at radius 3 is 0.775 bits per heavy atom. The molecular formula is C86H69BN2. The largest absolute Gasteiger partial charge is 0.310 e. The minimum absolute atomic E-state index is 0.125. The molecule has 0 N–H and O–H groups in total. The van der Waals surface area contributed by atoms with Crippen molar-refractivity contribution < 1.29 is 0 Å². The number of rotatable bonds is 10. The lowest BCUT2D eigenvalue weighted by Gasteiger charge is -2.46. The Hall–Kier alpha value is -10.5. The smallest absolute Gasteiger partial charge is 0.252 e. The zero-order chi connectivity index (χ0) is 60.4. The first-order valence-corrected chi connectivity index (χ1v) is 31.3. The lowest BCUT2D eigenvalue weighted by Crippen LogP contribution is -2.61. The molecule has 0 atom stereocenters. The fraction of sp³-hybridized carbons (Fsp3) is 0.0930. The minimum Gasteiger partial charge on any atom is -0.310 e. The first kappa shape index (κ1) is 55.1. The topological polar surface area (TPSA) is 6.48 Å². The van der Waals surface area contributed by atoms with Crippen molar-refractivity contribution in [2.45, 2.75) is 52.4 Å². The predicted octanol–water partition coefficient (Wildman–Crippen LogP) is 21.7. The van der Waals surface area contributed by atoms with Crippen LogP contribution in [0.15, 0.2) is 309 Å². The van der Waals surface area contributed by atoms with Crippen LogP contribution in [0.3, 0.4) is 0 Å². The van der Waals surface area contributed by atoms with Gasteiger partial charge in [0.05, 0.1) is 11.4 Å². The van der Waals surface area contributed by atoms with Crippen LogP contribution in [0.4, 0.5) is 34.1 Å². The second-order valence-corrected chi connectivity index (χ2v) is 26.1. The zero-order valence-electron chi connectivity index (χ0n) is 51.4. The first-order valence-electron chi connectivity index (χ1n) is 31.3. The van der Waals surface area contributed by atoms with E-state index in [1.807, 2.05) is 0 Å². The molecule has 0 bridgehead atoms. The molecule has 13 aromatic rings. The van der Waals surface area contributed by atoms with Crippen LogP contribution in [0, 0.1) is 0 Å². The number of nitrogens with zero attached hydrogens (tertiary/aromatic N) is 2. The Kier molecular flexibility index (Phi) is 13.8. The number of para-hydroxylation sites is 2. The Balaban J connectivity index is 1.05. The van der Waals surface area contributed by atoms with Gasteiger partial charge in [0.1, 0.15) is 0 Å². The van der Waals surface area contributed by atoms with Crippen LogP contribution in [-0.2, 0) is 10.8 Å². The van der Waals surface area contributed by atoms with Crippen molar-refractivity contribution in [2.75, 3.05) is 9.80 Å². The molecule has 2 aliphatic rings. The molecule has 89 heavy (non-hydrogen) atoms. The number of hydrogen-bond acceptors (Lipinski definition) is 2. The summed E-state index contributed by atoms with van der Waals surface area (Å²) in [6.45, 7) is 14.0. The van der Waals surface area contributed by atoms with Crippen molar-refractivity contribution in [3.05, 3.63) is 321 Å². The van der Waals surface area contributed by atoms with Gasteiger partial charge in [-0.25, -0.2) is 0 Å². The van der Waals surface area contributed by atoms with Crippen LogP contribution < -0.4 is 26.2 Å². The summed E-state index contributed by atoms with van der Waals surface area (Å²) in [7, 11) is 0. The van der Waals surface area contributed by atoms with Crippen LogP contribution in [0.1, 0.15) is 52.7 Å². The van der Waals surface area contributed by atoms with Crippen molar-refractivity contribution >= 4 is 57.2 Å². The van der Waals surface area contributed by atoms with Crippen LogP contribution in [0.2, 0.25) is 0 Å². The van der Waals surface area contributed by atoms with Gasteiger partial charge in [-0.1, -0.05) is 302 Å². The van der Waals surface area contributed by atoms with Gasteiger partial charge in [0.15, 0.2) is 0 Å². The third-order valence-electron chi connectivity index (χ3n) is 18.4. The van der Waals surface area contributed by atoms with Crippen LogP contribution in [-0.4, -0.2) is 6.71 Å². The third-order valence-corrected chi connectivity index (χ3v) is 18.4. The predicted molar refractivity (Wildman–Crippen MR) is 381 cm³/mol. The molecule has 0 amide bonds. The van der Waals surface area contributed by atoms with Gasteiger partial charge in [-0.15, -0.1) is 0 Å². The summed E-state index contributed by atoms with van der Waals surface area (Å²) in [5.41, 5.74) is 31.8. The maximum absolute atomic E-state index is 2.66. The van der Waals surface area contributed by atoms with E-state index in [0.717, 1.165) is 67.3 Å². The minimum atomic E-state index is -0.133. The monoisotopic (exact) mass is 1140 g/mol. The summed E-state index contributed by atoms with van der Waals surface area (Å²) in [6.07, 6.45) is 0. The van der Waals surface area contributed by atoms with E-state index in [-0.39, 0.29) is 17.5 Å². The number of benzene rings is 13. The van der Waals surface area contributed by atoms with E-state index < -0.39 is 0 Å². The summed E-state index contributed by atoms with van der Waals surface area (Å²) in [6, 6.07) is 116. The highest BCUT2D eigenvalue weighted by atomic mass is 15.2. The van der Waals surface area contributed by atoms with E-state index >= 15 is 0 Å². The fourth-order valence-electron chi connectivity index (χ4n) is 13.8. The number of hydrogen-bond donors (Lipinski definition) is 0. The molecule has 0 radical (unpaired) electrons. The summed E-state index contributed by atoms with van der Waals surface area (Å²) < 4.78 is 0. The molecule has 0 fully saturated rings. The molecule has 0 spiro atoms. The van der Waals surface area contributed by atoms with Crippen molar-refractivity contribution in [3.8, 4) is 89.0 Å². The third kappa shape index (κ3) is 10.1. The van der Waals surface area contributed by atoms with Gasteiger partial charge in [0, 0.05) is 45.0 Å². The van der Waals surface area contributed by atoms with Crippen LogP contribution in [0.5, 0.6) is 0 Å². The molecule has 2 heterocycles. The Labute approximate surface area is 525 Å². The van der Waals surface area contributed by atoms with Gasteiger partial charge in [-0.3, -0.25) is 0 Å². The highest BCUT2D eigenvalue weighted by Gasteiger charge is 2.45. The van der Waals surface area contributed by atoms with E-state index in [0.29, 0.717) is 0 Å². The Morgan fingerprint density at radius 2 is 0.483 bits per heavy atom. The lowest BCUT2D eigenvalue weighted by molar-refractivity contribution is 0.590. The summed E-state index contributed by atoms with van der Waals surface area (Å²) >= 11 is 0. The van der Waals surface area contributed by atoms with Gasteiger partial charge in [0.25, 0.3) is 6.71 Å². The highest BCUT2D eigenvalue weighted by molar-refractivity contribution is 7.00. The average molecular weight is 1140 g/mol. The Morgan fingerprint density at radius 1 is 0.225 bits per heavy atom. The molecule has 3 heteroatoms. The number of fused-ring (bicyclic) bond motifs is 4. The standard InChI is InChI=1S/C86H69BN2/c1-85(2,3)70-48-50-78-76(56-70)87-77-57-71(86(4,5)6)49-51-79(77)89(84-74(68-40-21-36-64(54-68)60-30-15-9-16-31-60)44-24-45-75(84)69-41-22-37-65(55-69)61-32-17-10-18-33-61)81-47-25-46-80(82(81)87)88(78)83-72(66-38-19-34-62(52-66)58-26-11-7-12-27-58)42-23-43-73(83)67-39-20-35-63(53-67)59-28-13-8-14-29-59/h7-57H,1-6H3. The molecule has 2 nitrogen and oxygen atoms in total. The maximum Gasteiger partial charge on any atom is 0.252 e. The molecule has 15 rings (SSSR count). The van der Waals surface area contributed by atoms with Crippen LogP contribution >= 0.6 is 0 Å². The first-order chi connectivity index (χ1) is 43.4. The quantitative estimate of drug-likeness (QED) is 0.126. The molecule has 0 aromatic heterocycles. The summed E-state index contributed by atoms with van der Waals surface area (Å²) in [5, 5.41) is 0. The van der Waals surface area contributed by atoms with Gasteiger partial charge >= 0.3 is 0 Å². The molecule has 0 saturated carbocycles. The summed E-state index contributed by atoms with van der Waals surface area (Å²) in [4.78, 5) is 5.31. The van der Waals surface area contributed by atoms with E-state index in [4.69, 9.17) is 0 Å². The zero-order valence-corrected chi connectivity index (χ0v) is 51.4. The highest BCUT2D eigenvalue weighted by Crippen LogP contribution is 2.53. The van der Waals surface area contributed by atoms with E-state index in [9.17, 15) is 0 Å². The second-order valence-electron chi connectivity index (χ2n) is 26.1. The number of anilines is 6. The van der Waals surface area contributed by atoms with Crippen molar-refractivity contribution in [1.29, 1.82) is 0 Å². The maximum atomic E-state index is 2.66. The van der Waals surface area contributed by atoms with Gasteiger partial charge in [0.2, 0.25) is 0 Å². The van der Waals surface area contributed by atoms with Crippen molar-refractivity contribution in [2.24, 2.45) is 0 Å². The SMILES string of the molecule is CC(C)(C)c1ccc2c(c1)B1c3cc(C(C)(C)C)ccc3N(c3c(-c4cccc(-c5ccccc5)c4)cccc3-c3cccc(-c4ccccc4)c3)c3cccc(c31)N2c1c(-c2cccc(-c3ccccc3)c2)cccc1-c1cccc(-c2ccccc2)c1. The molecule has 2 aliphatic heterocycles. The molecular weight excluding hydrogens is 1070 g/mol. The fourth-order valence-corrected chi connectivity index (χ4v) is 13.8. The molecule has 0 unspecified atom stereocenters. The Bertz CT molecular complexity index is 4300. The molecule has 0 saturated heterocycles. The molecule has 0 aliphatic carbocycles.